The first-order valence-electron chi connectivity index (χ1n) is 22.6. The number of ether oxygens (including phenoxy) is 2. The van der Waals surface area contributed by atoms with Crippen LogP contribution in [0, 0.1) is 17.8 Å². The van der Waals surface area contributed by atoms with Gasteiger partial charge in [0, 0.05) is 42.6 Å². The summed E-state index contributed by atoms with van der Waals surface area (Å²) in [5, 5.41) is 75.3. The molecule has 0 bridgehead atoms. The molecule has 13 heteroatoms. The first-order valence-corrected chi connectivity index (χ1v) is 25.0. The number of aromatic hydroxyl groups is 3. The van der Waals surface area contributed by atoms with Gasteiger partial charge in [0.05, 0.1) is 43.7 Å². The van der Waals surface area contributed by atoms with Crippen molar-refractivity contribution in [1.82, 2.24) is 10.3 Å². The quantitative estimate of drug-likeness (QED) is 0.0585. The van der Waals surface area contributed by atoms with E-state index in [1.807, 2.05) is 36.7 Å². The number of hydrogen-bond acceptors (Lipinski definition) is 12. The Morgan fingerprint density at radius 1 is 0.894 bits per heavy atom. The predicted molar refractivity (Wildman–Crippen MR) is 262 cm³/mol. The molecule has 5 aromatic carbocycles. The summed E-state index contributed by atoms with van der Waals surface area (Å²) in [7, 11) is 7.84. The van der Waals surface area contributed by atoms with Gasteiger partial charge < -0.3 is 50.4 Å². The molecular weight excluding hydrogens is 873 g/mol. The maximum atomic E-state index is 16.3. The smallest absolute Gasteiger partial charge is 0.164 e. The molecule has 1 fully saturated rings. The highest BCUT2D eigenvalue weighted by molar-refractivity contribution is 8.76. The lowest BCUT2D eigenvalue weighted by Crippen LogP contribution is -2.61. The van der Waals surface area contributed by atoms with Crippen LogP contribution in [0.3, 0.4) is 0 Å². The standard InChI is InChI=1S/C53H60N2O9S2/c1-5-33-10-11-34-7-6-8-40-46(28-56)66-65-29-37-22-47(60)53(25-30-9-13-43(58)45(20-30)63-3,38-18-32(26-54-2)19-39(57)23-38)52(62)49(37)50(61)36(17-31-15-16-55-27-31)21-35-12-14-44(59)51(64-4)42(35)24-41(33)48(34)40/h6-16,18-20,23,27,36-37,46-47,49-50,54-61H,5,17,21-22,24-26,28-29H2,1-4H3. The Hall–Kier alpha value is -5.15. The Kier molecular flexibility index (Phi) is 14.6. The highest BCUT2D eigenvalue weighted by Crippen LogP contribution is 2.52. The normalized spacial score (nSPS) is 23.7. The molecule has 7 unspecified atom stereocenters. The molecule has 2 aliphatic rings. The predicted octanol–water partition coefficient (Wildman–Crippen LogP) is 8.11. The van der Waals surface area contributed by atoms with Crippen molar-refractivity contribution in [3.05, 3.63) is 147 Å². The number of phenolic OH excluding ortho intramolecular Hbond substituents is 3. The molecule has 8 rings (SSSR count). The number of aliphatic hydroxyl groups is 3. The van der Waals surface area contributed by atoms with E-state index in [1.54, 1.807) is 44.5 Å². The zero-order valence-corrected chi connectivity index (χ0v) is 39.4. The molecular formula is C53H60N2O9S2. The van der Waals surface area contributed by atoms with E-state index in [0.717, 1.165) is 50.6 Å². The third kappa shape index (κ3) is 9.13. The van der Waals surface area contributed by atoms with Gasteiger partial charge in [-0.1, -0.05) is 77.0 Å². The number of fused-ring (bicyclic) bond motifs is 2. The lowest BCUT2D eigenvalue weighted by molar-refractivity contribution is -0.149. The number of aliphatic hydroxyl groups excluding tert-OH is 3. The summed E-state index contributed by atoms with van der Waals surface area (Å²) in [6.07, 6.45) is 3.24. The zero-order chi connectivity index (χ0) is 46.7. The fourth-order valence-electron chi connectivity index (χ4n) is 10.8. The van der Waals surface area contributed by atoms with Crippen LogP contribution in [0.4, 0.5) is 0 Å². The molecule has 0 saturated heterocycles. The van der Waals surface area contributed by atoms with E-state index >= 15 is 4.79 Å². The number of carbonyl (C=O) groups is 1. The van der Waals surface area contributed by atoms with Crippen LogP contribution in [0.2, 0.25) is 0 Å². The summed E-state index contributed by atoms with van der Waals surface area (Å²) < 4.78 is 11.5. The van der Waals surface area contributed by atoms with Gasteiger partial charge in [-0.15, -0.1) is 0 Å². The van der Waals surface area contributed by atoms with Crippen LogP contribution >= 0.6 is 21.6 Å². The Morgan fingerprint density at radius 3 is 2.44 bits per heavy atom. The molecule has 1 aromatic heterocycles. The number of Topliss-reactive ketones (excluding diaryl/α,β-unsaturated/α-hetero) is 1. The number of hydrogen-bond donors (Lipinski definition) is 8. The van der Waals surface area contributed by atoms with Crippen LogP contribution in [0.15, 0.2) is 97.3 Å². The average Bonchev–Trinajstić information content (AvgIpc) is 3.83. The van der Waals surface area contributed by atoms with E-state index in [0.29, 0.717) is 54.0 Å². The molecule has 0 amide bonds. The second-order valence-corrected chi connectivity index (χ2v) is 20.5. The van der Waals surface area contributed by atoms with Crippen molar-refractivity contribution in [2.75, 3.05) is 33.6 Å². The van der Waals surface area contributed by atoms with Crippen molar-refractivity contribution in [3.8, 4) is 28.7 Å². The third-order valence-electron chi connectivity index (χ3n) is 14.0. The van der Waals surface area contributed by atoms with Crippen LogP contribution in [-0.4, -0.2) is 87.2 Å². The van der Waals surface area contributed by atoms with E-state index in [1.165, 1.54) is 34.8 Å². The van der Waals surface area contributed by atoms with Gasteiger partial charge in [-0.2, -0.15) is 0 Å². The number of ketones is 1. The number of phenols is 3. The Labute approximate surface area is 394 Å². The molecule has 8 N–H and O–H groups in total. The van der Waals surface area contributed by atoms with Gasteiger partial charge in [0.1, 0.15) is 5.75 Å². The van der Waals surface area contributed by atoms with Crippen molar-refractivity contribution < 1.29 is 44.9 Å². The summed E-state index contributed by atoms with van der Waals surface area (Å²) in [6.45, 7) is 2.35. The number of nitrogens with one attached hydrogen (secondary N) is 2. The molecule has 66 heavy (non-hydrogen) atoms. The maximum absolute atomic E-state index is 16.3. The minimum Gasteiger partial charge on any atom is -0.508 e. The number of carbonyl (C=O) groups excluding carboxylic acids is 1. The summed E-state index contributed by atoms with van der Waals surface area (Å²) in [5.74, 6) is -1.63. The van der Waals surface area contributed by atoms with Crippen molar-refractivity contribution in [3.63, 3.8) is 0 Å². The molecule has 1 saturated carbocycles. The summed E-state index contributed by atoms with van der Waals surface area (Å²) >= 11 is 0. The second-order valence-electron chi connectivity index (χ2n) is 17.8. The summed E-state index contributed by atoms with van der Waals surface area (Å²) in [6, 6.07) is 25.8. The Balaban J connectivity index is 1.35. The topological polar surface area (TPSA) is 185 Å². The molecule has 6 aromatic rings. The second kappa shape index (κ2) is 20.4. The van der Waals surface area contributed by atoms with Crippen LogP contribution in [0.25, 0.3) is 10.8 Å². The largest absolute Gasteiger partial charge is 0.508 e. The van der Waals surface area contributed by atoms with Gasteiger partial charge in [0.2, 0.25) is 0 Å². The number of aryl methyl sites for hydroxylation is 1. The monoisotopic (exact) mass is 932 g/mol. The molecule has 348 valence electrons. The van der Waals surface area contributed by atoms with Gasteiger partial charge in [0.15, 0.2) is 28.8 Å². The highest BCUT2D eigenvalue weighted by atomic mass is 33.1. The lowest BCUT2D eigenvalue weighted by atomic mass is 9.55. The van der Waals surface area contributed by atoms with Crippen LogP contribution in [0.5, 0.6) is 28.7 Å². The van der Waals surface area contributed by atoms with Crippen LogP contribution in [-0.2, 0) is 48.9 Å². The summed E-state index contributed by atoms with van der Waals surface area (Å²) in [4.78, 5) is 19.5. The van der Waals surface area contributed by atoms with Crippen LogP contribution in [0.1, 0.15) is 68.7 Å². The fraction of sp³-hybridized carbons (Fsp3) is 0.377. The third-order valence-corrected chi connectivity index (χ3v) is 16.8. The lowest BCUT2D eigenvalue weighted by Gasteiger charge is -2.49. The van der Waals surface area contributed by atoms with Gasteiger partial charge in [0.25, 0.3) is 0 Å². The Morgan fingerprint density at radius 2 is 1.71 bits per heavy atom. The number of H-pyrrole nitrogens is 1. The molecule has 2 heterocycles. The number of aromatic amines is 1. The van der Waals surface area contributed by atoms with Crippen molar-refractivity contribution in [1.29, 1.82) is 0 Å². The molecule has 1 aliphatic heterocycles. The summed E-state index contributed by atoms with van der Waals surface area (Å²) in [5.41, 5.74) is 5.84. The number of aromatic nitrogens is 1. The molecule has 11 nitrogen and oxygen atoms in total. The molecule has 7 atom stereocenters. The number of rotatable bonds is 11. The average molecular weight is 933 g/mol. The van der Waals surface area contributed by atoms with E-state index in [9.17, 15) is 30.6 Å². The SMILES string of the molecule is CCc1ccc2cccc3c2c1Cc1c(ccc(O)c1OC)CC(Cc1cc[nH]c1)C(O)C1C(=O)C(Cc2ccc(O)c(OC)c2)(c2cc(O)cc(CNC)c2)C(O)CC1CSSC3CO. The molecule has 0 spiro atoms. The minimum absolute atomic E-state index is 0.00786. The fourth-order valence-corrected chi connectivity index (χ4v) is 13.7. The minimum atomic E-state index is -1.65. The van der Waals surface area contributed by atoms with E-state index in [4.69, 9.17) is 9.47 Å². The number of benzene rings is 5. The van der Waals surface area contributed by atoms with E-state index in [2.05, 4.69) is 41.5 Å². The van der Waals surface area contributed by atoms with Crippen molar-refractivity contribution in [2.45, 2.75) is 74.9 Å². The van der Waals surface area contributed by atoms with Crippen molar-refractivity contribution in [2.24, 2.45) is 17.8 Å². The molecule has 0 radical (unpaired) electrons. The molecule has 1 aliphatic carbocycles. The van der Waals surface area contributed by atoms with Gasteiger partial charge >= 0.3 is 0 Å². The van der Waals surface area contributed by atoms with E-state index in [-0.39, 0.29) is 53.5 Å². The first-order chi connectivity index (χ1) is 31.9. The van der Waals surface area contributed by atoms with Gasteiger partial charge in [-0.25, -0.2) is 0 Å². The van der Waals surface area contributed by atoms with Gasteiger partial charge in [-0.3, -0.25) is 4.79 Å². The zero-order valence-electron chi connectivity index (χ0n) is 37.8. The van der Waals surface area contributed by atoms with Gasteiger partial charge in [-0.05, 0) is 143 Å². The first kappa shape index (κ1) is 47.3. The number of methoxy groups -OCH3 is 2. The highest BCUT2D eigenvalue weighted by Gasteiger charge is 2.57. The van der Waals surface area contributed by atoms with Crippen LogP contribution < -0.4 is 14.8 Å². The Bertz CT molecular complexity index is 2670. The van der Waals surface area contributed by atoms with Crippen molar-refractivity contribution >= 4 is 38.1 Å². The maximum Gasteiger partial charge on any atom is 0.164 e. The van der Waals surface area contributed by atoms with E-state index < -0.39 is 35.4 Å².